The predicted octanol–water partition coefficient (Wildman–Crippen LogP) is 3.76. The minimum atomic E-state index is -2.90. The molecule has 2 N–H and O–H groups in total. The fourth-order valence-corrected chi connectivity index (χ4v) is 2.11. The molecule has 1 aromatic carbocycles. The van der Waals surface area contributed by atoms with Gasteiger partial charge in [-0.15, -0.1) is 24.0 Å². The molecule has 26 heavy (non-hydrogen) atoms. The summed E-state index contributed by atoms with van der Waals surface area (Å²) in [5.74, 6) is 1.90. The molecule has 6 nitrogen and oxygen atoms in total. The molecule has 0 aliphatic carbocycles. The van der Waals surface area contributed by atoms with Gasteiger partial charge in [-0.2, -0.15) is 8.78 Å². The zero-order chi connectivity index (χ0) is 18.1. The summed E-state index contributed by atoms with van der Waals surface area (Å²) >= 11 is 0. The van der Waals surface area contributed by atoms with E-state index in [1.54, 1.807) is 24.5 Å². The maximum absolute atomic E-state index is 12.6. The van der Waals surface area contributed by atoms with Crippen molar-refractivity contribution < 1.29 is 22.7 Å². The highest BCUT2D eigenvalue weighted by Crippen LogP contribution is 2.26. The molecule has 0 saturated heterocycles. The van der Waals surface area contributed by atoms with Gasteiger partial charge in [-0.1, -0.05) is 0 Å². The van der Waals surface area contributed by atoms with Gasteiger partial charge in [0, 0.05) is 12.1 Å². The maximum Gasteiger partial charge on any atom is 0.387 e. The van der Waals surface area contributed by atoms with Crippen LogP contribution in [0.5, 0.6) is 11.5 Å². The molecular weight excluding hydrogens is 459 g/mol. The van der Waals surface area contributed by atoms with Crippen molar-refractivity contribution in [3.05, 3.63) is 47.9 Å². The van der Waals surface area contributed by atoms with E-state index in [9.17, 15) is 8.78 Å². The highest BCUT2D eigenvalue weighted by atomic mass is 127. The van der Waals surface area contributed by atoms with E-state index >= 15 is 0 Å². The largest absolute Gasteiger partial charge is 0.497 e. The Labute approximate surface area is 168 Å². The van der Waals surface area contributed by atoms with E-state index in [-0.39, 0.29) is 36.3 Å². The first-order valence-electron chi connectivity index (χ1n) is 7.78. The molecular formula is C17H22F2IN3O3. The van der Waals surface area contributed by atoms with Crippen molar-refractivity contribution in [2.24, 2.45) is 4.99 Å². The lowest BCUT2D eigenvalue weighted by molar-refractivity contribution is -0.0504. The molecule has 0 amide bonds. The minimum Gasteiger partial charge on any atom is -0.497 e. The lowest BCUT2D eigenvalue weighted by Gasteiger charge is -2.13. The first-order chi connectivity index (χ1) is 12.1. The molecule has 2 aromatic rings. The second-order valence-corrected chi connectivity index (χ2v) is 4.98. The van der Waals surface area contributed by atoms with Crippen LogP contribution < -0.4 is 20.1 Å². The molecule has 0 unspecified atom stereocenters. The molecule has 0 atom stereocenters. The van der Waals surface area contributed by atoms with Crippen molar-refractivity contribution in [1.29, 1.82) is 0 Å². The number of aliphatic imine (C=N–C) groups is 1. The van der Waals surface area contributed by atoms with Crippen LogP contribution in [-0.2, 0) is 13.1 Å². The van der Waals surface area contributed by atoms with Gasteiger partial charge in [-0.05, 0) is 37.3 Å². The van der Waals surface area contributed by atoms with Crippen LogP contribution in [0.15, 0.2) is 46.0 Å². The fourth-order valence-electron chi connectivity index (χ4n) is 2.11. The number of guanidine groups is 1. The standard InChI is InChI=1S/C17H21F2N3O3.HI/c1-3-20-17(22-11-14-5-4-8-24-14)21-10-12-9-13(23-2)6-7-15(12)25-16(18)19;/h4-9,16H,3,10-11H2,1-2H3,(H2,20,21,22);1H. The molecule has 144 valence electrons. The van der Waals surface area contributed by atoms with E-state index in [1.165, 1.54) is 13.2 Å². The van der Waals surface area contributed by atoms with Crippen molar-refractivity contribution in [3.8, 4) is 11.5 Å². The van der Waals surface area contributed by atoms with Crippen molar-refractivity contribution in [2.45, 2.75) is 26.6 Å². The SMILES string of the molecule is CCNC(=NCc1cc(OC)ccc1OC(F)F)NCc1ccco1.I. The average molecular weight is 481 g/mol. The van der Waals surface area contributed by atoms with Gasteiger partial charge < -0.3 is 24.5 Å². The summed E-state index contributed by atoms with van der Waals surface area (Å²) in [5.41, 5.74) is 0.495. The summed E-state index contributed by atoms with van der Waals surface area (Å²) in [5, 5.41) is 6.19. The Morgan fingerprint density at radius 2 is 2.08 bits per heavy atom. The summed E-state index contributed by atoms with van der Waals surface area (Å²) in [7, 11) is 1.50. The van der Waals surface area contributed by atoms with Crippen LogP contribution in [0.25, 0.3) is 0 Å². The topological polar surface area (TPSA) is 68.0 Å². The molecule has 0 aliphatic heterocycles. The van der Waals surface area contributed by atoms with Gasteiger partial charge in [0.15, 0.2) is 5.96 Å². The minimum absolute atomic E-state index is 0. The van der Waals surface area contributed by atoms with E-state index in [1.807, 2.05) is 13.0 Å². The van der Waals surface area contributed by atoms with E-state index in [0.29, 0.717) is 30.4 Å². The molecule has 2 rings (SSSR count). The van der Waals surface area contributed by atoms with Crippen molar-refractivity contribution in [1.82, 2.24) is 10.6 Å². The number of methoxy groups -OCH3 is 1. The average Bonchev–Trinajstić information content (AvgIpc) is 3.11. The third-order valence-corrected chi connectivity index (χ3v) is 3.25. The molecule has 0 fully saturated rings. The number of hydrogen-bond donors (Lipinski definition) is 2. The lowest BCUT2D eigenvalue weighted by atomic mass is 10.2. The molecule has 1 aromatic heterocycles. The maximum atomic E-state index is 12.6. The Kier molecular flexibility index (Phi) is 9.78. The smallest absolute Gasteiger partial charge is 0.387 e. The van der Waals surface area contributed by atoms with Crippen LogP contribution in [0.4, 0.5) is 8.78 Å². The Bertz CT molecular complexity index is 682. The molecule has 0 saturated carbocycles. The van der Waals surface area contributed by atoms with E-state index in [4.69, 9.17) is 9.15 Å². The summed E-state index contributed by atoms with van der Waals surface area (Å²) in [6, 6.07) is 8.26. The number of halogens is 3. The Morgan fingerprint density at radius 1 is 1.27 bits per heavy atom. The zero-order valence-corrected chi connectivity index (χ0v) is 16.8. The fraction of sp³-hybridized carbons (Fsp3) is 0.353. The second kappa shape index (κ2) is 11.6. The van der Waals surface area contributed by atoms with Crippen LogP contribution >= 0.6 is 24.0 Å². The molecule has 0 bridgehead atoms. The molecule has 0 radical (unpaired) electrons. The highest BCUT2D eigenvalue weighted by Gasteiger charge is 2.11. The third-order valence-electron chi connectivity index (χ3n) is 3.25. The normalized spacial score (nSPS) is 11.0. The van der Waals surface area contributed by atoms with Crippen LogP contribution in [0, 0.1) is 0 Å². The summed E-state index contributed by atoms with van der Waals surface area (Å²) in [4.78, 5) is 4.40. The molecule has 9 heteroatoms. The number of furan rings is 1. The lowest BCUT2D eigenvalue weighted by Crippen LogP contribution is -2.36. The Balaban J connectivity index is 0.00000338. The van der Waals surface area contributed by atoms with Crippen molar-refractivity contribution in [3.63, 3.8) is 0 Å². The predicted molar refractivity (Wildman–Crippen MR) is 105 cm³/mol. The van der Waals surface area contributed by atoms with Crippen LogP contribution in [-0.4, -0.2) is 26.2 Å². The first-order valence-corrected chi connectivity index (χ1v) is 7.78. The van der Waals surface area contributed by atoms with Crippen molar-refractivity contribution >= 4 is 29.9 Å². The molecule has 1 heterocycles. The number of hydrogen-bond acceptors (Lipinski definition) is 4. The third kappa shape index (κ3) is 7.06. The number of rotatable bonds is 8. The second-order valence-electron chi connectivity index (χ2n) is 4.98. The van der Waals surface area contributed by atoms with Crippen molar-refractivity contribution in [2.75, 3.05) is 13.7 Å². The quantitative estimate of drug-likeness (QED) is 0.342. The van der Waals surface area contributed by atoms with E-state index < -0.39 is 6.61 Å². The van der Waals surface area contributed by atoms with Crippen LogP contribution in [0.1, 0.15) is 18.2 Å². The van der Waals surface area contributed by atoms with Gasteiger partial charge in [-0.3, -0.25) is 0 Å². The number of benzene rings is 1. The highest BCUT2D eigenvalue weighted by molar-refractivity contribution is 14.0. The summed E-state index contributed by atoms with van der Waals surface area (Å²) < 4.78 is 40.0. The van der Waals surface area contributed by atoms with E-state index in [2.05, 4.69) is 20.4 Å². The number of ether oxygens (including phenoxy) is 2. The summed E-state index contributed by atoms with van der Waals surface area (Å²) in [6.07, 6.45) is 1.59. The molecule has 0 spiro atoms. The number of nitrogens with one attached hydrogen (secondary N) is 2. The van der Waals surface area contributed by atoms with Gasteiger partial charge >= 0.3 is 6.61 Å². The van der Waals surface area contributed by atoms with Gasteiger partial charge in [0.05, 0.1) is 26.5 Å². The molecule has 0 aliphatic rings. The van der Waals surface area contributed by atoms with Gasteiger partial charge in [0.1, 0.15) is 17.3 Å². The van der Waals surface area contributed by atoms with Gasteiger partial charge in [-0.25, -0.2) is 4.99 Å². The monoisotopic (exact) mass is 481 g/mol. The first kappa shape index (κ1) is 22.0. The number of nitrogens with zero attached hydrogens (tertiary/aromatic N) is 1. The van der Waals surface area contributed by atoms with Crippen LogP contribution in [0.3, 0.4) is 0 Å². The number of alkyl halides is 2. The Morgan fingerprint density at radius 3 is 2.69 bits per heavy atom. The van der Waals surface area contributed by atoms with E-state index in [0.717, 1.165) is 5.76 Å². The summed E-state index contributed by atoms with van der Waals surface area (Å²) in [6.45, 7) is 0.287. The zero-order valence-electron chi connectivity index (χ0n) is 14.5. The van der Waals surface area contributed by atoms with Gasteiger partial charge in [0.25, 0.3) is 0 Å². The van der Waals surface area contributed by atoms with Gasteiger partial charge in [0.2, 0.25) is 0 Å². The Hall–Kier alpha value is -2.04. The van der Waals surface area contributed by atoms with Crippen LogP contribution in [0.2, 0.25) is 0 Å².